The number of aromatic amines is 2. The lowest BCUT2D eigenvalue weighted by Crippen LogP contribution is -2.61. The van der Waals surface area contributed by atoms with Gasteiger partial charge in [-0.15, -0.1) is 0 Å². The summed E-state index contributed by atoms with van der Waals surface area (Å²) >= 11 is 0. The zero-order valence-corrected chi connectivity index (χ0v) is 69.3. The zero-order valence-electron chi connectivity index (χ0n) is 69.3. The molecule has 3 heterocycles. The van der Waals surface area contributed by atoms with E-state index >= 15 is 14.4 Å². The van der Waals surface area contributed by atoms with Crippen LogP contribution in [-0.2, 0) is 102 Å². The Morgan fingerprint density at radius 3 is 1.56 bits per heavy atom. The summed E-state index contributed by atoms with van der Waals surface area (Å²) in [6.45, 7) is 3.96. The van der Waals surface area contributed by atoms with Crippen molar-refractivity contribution in [3.8, 4) is 5.75 Å². The monoisotopic (exact) mass is 1760 g/mol. The number of nitrogens with zero attached hydrogens (tertiary/aromatic N) is 2. The predicted molar refractivity (Wildman–Crippen MR) is 441 cm³/mol. The molecule has 1 aliphatic rings. The number of aliphatic carboxylic acids is 2. The van der Waals surface area contributed by atoms with Crippen LogP contribution < -0.4 is 86.3 Å². The topological polar surface area (TPSA) is 680 Å². The Hall–Kier alpha value is -13.3. The van der Waals surface area contributed by atoms with Crippen molar-refractivity contribution < 1.29 is 115 Å². The van der Waals surface area contributed by atoms with Crippen LogP contribution in [0.2, 0.25) is 0 Å². The zero-order chi connectivity index (χ0) is 92.6. The van der Waals surface area contributed by atoms with Crippen molar-refractivity contribution in [3.63, 3.8) is 0 Å². The van der Waals surface area contributed by atoms with Crippen molar-refractivity contribution >= 4 is 112 Å². The molecule has 6 rings (SSSR count). The highest BCUT2D eigenvalue weighted by molar-refractivity contribution is 6.00. The number of halogens is 3. The van der Waals surface area contributed by atoms with E-state index in [1.54, 1.807) is 81.6 Å². The Balaban J connectivity index is 0.00000379. The molecule has 3 aromatic carbocycles. The lowest BCUT2D eigenvalue weighted by molar-refractivity contribution is -0.192. The minimum absolute atomic E-state index is 0.00399. The van der Waals surface area contributed by atoms with Crippen LogP contribution in [0.15, 0.2) is 97.6 Å². The first-order valence-electron chi connectivity index (χ1n) is 40.3. The number of aliphatic hydroxyl groups excluding tert-OH is 2. The number of carbonyl (C=O) groups is 16. The van der Waals surface area contributed by atoms with Gasteiger partial charge in [0.1, 0.15) is 78.3 Å². The Morgan fingerprint density at radius 1 is 0.568 bits per heavy atom. The van der Waals surface area contributed by atoms with Crippen LogP contribution in [0.5, 0.6) is 5.75 Å². The fraction of sp³-hybridized carbons (Fsp3) is 0.500. The molecule has 125 heavy (non-hydrogen) atoms. The number of para-hydroxylation sites is 1. The number of hydrogen-bond acceptors (Lipinski definition) is 22. The SMILES string of the molecule is CCCC[C@@H](NC(=O)[C@H](CO)NC(=O)[C@H](Cc1ccc(O)cc1)NC(=O)[C@H](CO)NC(C)=O)C(=O)N[C@@H](CCC(=O)O)C(=O)N[C@@H](Cc1cnc[nH]1)C(=O)N[C@H](Cc1ccccc1)C(=O)N[C@@H](CCCNC(=N)N)C(=O)N[C@@H](Cc1c[nH]c2ccccc12)C(=O)NCC(=O)N[C@@H](CCCCN)C(=O)N1CCC[C@H]1C(=O)N[C@H](C(N)=O)C(C)C.O=C(O)C(F)(F)F. The van der Waals surface area contributed by atoms with Gasteiger partial charge in [-0.3, -0.25) is 77.3 Å². The van der Waals surface area contributed by atoms with Crippen molar-refractivity contribution in [1.29, 1.82) is 5.41 Å². The number of alkyl halides is 3. The molecule has 0 unspecified atom stereocenters. The fourth-order valence-corrected chi connectivity index (χ4v) is 13.1. The number of rotatable bonds is 50. The molecule has 1 saturated heterocycles. The van der Waals surface area contributed by atoms with Crippen molar-refractivity contribution in [1.82, 2.24) is 89.0 Å². The molecule has 0 radical (unpaired) electrons. The van der Waals surface area contributed by atoms with Gasteiger partial charge in [0, 0.05) is 81.1 Å². The number of unbranched alkanes of at least 4 members (excludes halogenated alkanes) is 2. The highest BCUT2D eigenvalue weighted by atomic mass is 19.4. The summed E-state index contributed by atoms with van der Waals surface area (Å²) in [5, 5.41) is 89.0. The largest absolute Gasteiger partial charge is 0.508 e. The number of aliphatic hydroxyl groups is 2. The number of aromatic hydroxyl groups is 1. The van der Waals surface area contributed by atoms with Gasteiger partial charge in [0.25, 0.3) is 0 Å². The molecule has 1 fully saturated rings. The second kappa shape index (κ2) is 51.6. The third kappa shape index (κ3) is 34.8. The number of nitrogens with one attached hydrogen (secondary N) is 16. The number of likely N-dealkylation sites (tertiary alicyclic amines) is 1. The smallest absolute Gasteiger partial charge is 0.490 e. The number of imidazole rings is 1. The average Bonchev–Trinajstić information content (AvgIpc) is 1.79. The number of amides is 14. The van der Waals surface area contributed by atoms with Crippen molar-refractivity contribution in [2.75, 3.05) is 39.4 Å². The van der Waals surface area contributed by atoms with Gasteiger partial charge in [-0.25, -0.2) is 9.78 Å². The molecule has 42 nitrogen and oxygen atoms in total. The Morgan fingerprint density at radius 2 is 1.06 bits per heavy atom. The van der Waals surface area contributed by atoms with Crippen LogP contribution in [0.3, 0.4) is 0 Å². The summed E-state index contributed by atoms with van der Waals surface area (Å²) in [5.41, 5.74) is 19.3. The van der Waals surface area contributed by atoms with Crippen LogP contribution in [0.1, 0.15) is 127 Å². The normalized spacial score (nSPS) is 15.0. The molecule has 2 aromatic heterocycles. The van der Waals surface area contributed by atoms with Gasteiger partial charge < -0.3 is 127 Å². The number of phenolic OH excluding ortho intramolecular Hbond substituents is 1. The summed E-state index contributed by atoms with van der Waals surface area (Å²) in [7, 11) is 0. The van der Waals surface area contributed by atoms with E-state index in [4.69, 9.17) is 32.5 Å². The molecule has 12 atom stereocenters. The van der Waals surface area contributed by atoms with Crippen LogP contribution in [-0.4, -0.2) is 264 Å². The number of fused-ring (bicyclic) bond motifs is 1. The van der Waals surface area contributed by atoms with Crippen molar-refractivity contribution in [2.24, 2.45) is 23.1 Å². The summed E-state index contributed by atoms with van der Waals surface area (Å²) in [4.78, 5) is 229. The standard InChI is InChI=1S/C78H111N21O19.C2HF3O2/c1-5-6-19-52(91-75(116)61(41-101)97-72(113)57(34-46-24-26-49(103)27-25-46)94-74(115)60(40-100)88-44(4)102)68(109)92-54(28-29-64(105)106)70(111)96-59(36-48-38-83-42-87-48)73(114)93-56(33-45-16-8-7-9-17-45)71(112)90-53(22-14-31-84-78(81)82)69(110)95-58(35-47-37-85-51-20-11-10-18-50(47)51)67(108)86-39-63(104)89-55(21-12-13-30-79)77(118)99-32-15-23-62(99)76(117)98-65(43(2)3)66(80)107;3-2(4,5)1(6)7/h7-11,16-18,20,24-27,37-38,42-43,52-62,65,85,100-101,103H,5-6,12-15,19,21-23,28-36,39-41,79H2,1-4H3,(H2,80,107)(H,83,87)(H,86,108)(H,88,102)(H,89,104)(H,90,112)(H,91,116)(H,92,109)(H,93,114)(H,94,115)(H,95,110)(H,96,111)(H,97,113)(H,98,117)(H,105,106)(H4,81,82,84);(H,6,7)/t52-,53+,54+,55+,56-,57+,58+,59+,60+,61+,62+,65+;/m1./s1. The third-order valence-corrected chi connectivity index (χ3v) is 19.7. The summed E-state index contributed by atoms with van der Waals surface area (Å²) < 4.78 is 31.7. The predicted octanol–water partition coefficient (Wildman–Crippen LogP) is -3.47. The molecule has 5 aromatic rings. The van der Waals surface area contributed by atoms with Gasteiger partial charge in [0.05, 0.1) is 26.1 Å². The minimum Gasteiger partial charge on any atom is -0.508 e. The molecule has 0 saturated carbocycles. The number of nitrogens with two attached hydrogens (primary N) is 3. The van der Waals surface area contributed by atoms with Gasteiger partial charge in [0.15, 0.2) is 5.96 Å². The van der Waals surface area contributed by atoms with E-state index in [1.165, 1.54) is 41.7 Å². The van der Waals surface area contributed by atoms with Gasteiger partial charge in [-0.05, 0) is 105 Å². The number of hydrogen-bond donors (Lipinski definition) is 24. The van der Waals surface area contributed by atoms with Gasteiger partial charge in [-0.2, -0.15) is 13.2 Å². The fourth-order valence-electron chi connectivity index (χ4n) is 13.1. The Bertz CT molecular complexity index is 4480. The quantitative estimate of drug-likeness (QED) is 0.0102. The highest BCUT2D eigenvalue weighted by Crippen LogP contribution is 2.23. The molecular formula is C80H112F3N21O21. The molecule has 684 valence electrons. The maximum absolute atomic E-state index is 15.2. The van der Waals surface area contributed by atoms with E-state index in [0.29, 0.717) is 53.3 Å². The van der Waals surface area contributed by atoms with Crippen LogP contribution in [0, 0.1) is 11.3 Å². The number of primary amides is 1. The molecule has 0 spiro atoms. The first-order chi connectivity index (χ1) is 59.3. The average molecular weight is 1760 g/mol. The van der Waals surface area contributed by atoms with Crippen molar-refractivity contribution in [2.45, 2.75) is 209 Å². The minimum atomic E-state index is -5.08. The first kappa shape index (κ1) is 102. The number of carboxylic acids is 2. The van der Waals surface area contributed by atoms with Crippen molar-refractivity contribution in [3.05, 3.63) is 120 Å². The Kier molecular flexibility index (Phi) is 42.2. The molecule has 27 N–H and O–H groups in total. The number of aromatic nitrogens is 3. The van der Waals surface area contributed by atoms with Crippen LogP contribution in [0.4, 0.5) is 13.2 Å². The lowest BCUT2D eigenvalue weighted by atomic mass is 10.0. The first-order valence-corrected chi connectivity index (χ1v) is 40.3. The molecule has 45 heteroatoms. The van der Waals surface area contributed by atoms with Crippen LogP contribution >= 0.6 is 0 Å². The van der Waals surface area contributed by atoms with E-state index < -0.39 is 212 Å². The molecular weight excluding hydrogens is 1650 g/mol. The van der Waals surface area contributed by atoms with E-state index in [-0.39, 0.29) is 101 Å². The maximum Gasteiger partial charge on any atom is 0.490 e. The number of benzene rings is 3. The number of carboxylic acid groups (broad SMARTS) is 2. The Labute approximate surface area is 715 Å². The number of guanidine groups is 1. The summed E-state index contributed by atoms with van der Waals surface area (Å²) in [6, 6.07) is 3.00. The van der Waals surface area contributed by atoms with Gasteiger partial charge in [-0.1, -0.05) is 94.3 Å². The third-order valence-electron chi connectivity index (χ3n) is 19.7. The van der Waals surface area contributed by atoms with Gasteiger partial charge >= 0.3 is 18.1 Å². The molecule has 0 bridgehead atoms. The molecule has 1 aliphatic heterocycles. The highest BCUT2D eigenvalue weighted by Gasteiger charge is 2.42. The van der Waals surface area contributed by atoms with Gasteiger partial charge in [0.2, 0.25) is 82.7 Å². The summed E-state index contributed by atoms with van der Waals surface area (Å²) in [6.07, 6.45) is -1.37. The maximum atomic E-state index is 15.2. The van der Waals surface area contributed by atoms with E-state index in [0.717, 1.165) is 6.92 Å². The van der Waals surface area contributed by atoms with E-state index in [2.05, 4.69) is 84.1 Å². The summed E-state index contributed by atoms with van der Waals surface area (Å²) in [5.74, 6) is -17.8. The van der Waals surface area contributed by atoms with Crippen LogP contribution in [0.25, 0.3) is 10.9 Å². The second-order valence-electron chi connectivity index (χ2n) is 29.8. The lowest BCUT2D eigenvalue weighted by Gasteiger charge is -2.30. The molecule has 0 aliphatic carbocycles. The number of carbonyl (C=O) groups excluding carboxylic acids is 14. The second-order valence-corrected chi connectivity index (χ2v) is 29.8. The number of phenols is 1. The van der Waals surface area contributed by atoms with E-state index in [9.17, 15) is 91.1 Å². The molecule has 14 amide bonds. The number of H-pyrrole nitrogens is 2. The van der Waals surface area contributed by atoms with E-state index in [1.807, 2.05) is 0 Å².